The van der Waals surface area contributed by atoms with Gasteiger partial charge in [0.2, 0.25) is 0 Å². The number of hydrogen-bond acceptors (Lipinski definition) is 0. The van der Waals surface area contributed by atoms with Crippen molar-refractivity contribution in [3.63, 3.8) is 0 Å². The van der Waals surface area contributed by atoms with Gasteiger partial charge in [-0.15, -0.1) is 6.92 Å². The van der Waals surface area contributed by atoms with Crippen molar-refractivity contribution >= 4 is 9.52 Å². The minimum atomic E-state index is -0.225. The molecule has 2 aliphatic rings. The largest absolute Gasteiger partial charge is 4.00 e. The number of rotatable bonds is 4. The molecule has 2 rings (SSSR count). The molecule has 0 aliphatic heterocycles. The van der Waals surface area contributed by atoms with Crippen molar-refractivity contribution in [2.45, 2.75) is 65.0 Å². The summed E-state index contributed by atoms with van der Waals surface area (Å²) in [7, 11) is -0.225. The van der Waals surface area contributed by atoms with Crippen LogP contribution in [0.1, 0.15) is 54.4 Å². The second-order valence-corrected chi connectivity index (χ2v) is 10.8. The van der Waals surface area contributed by atoms with E-state index < -0.39 is 0 Å². The molecule has 0 amide bonds. The Morgan fingerprint density at radius 1 is 1.12 bits per heavy atom. The van der Waals surface area contributed by atoms with Crippen LogP contribution in [0.25, 0.3) is 0 Å². The summed E-state index contributed by atoms with van der Waals surface area (Å²) >= 11 is 0. The zero-order valence-electron chi connectivity index (χ0n) is 15.6. The molecule has 0 nitrogen and oxygen atoms in total. The van der Waals surface area contributed by atoms with E-state index in [1.807, 2.05) is 0 Å². The van der Waals surface area contributed by atoms with Gasteiger partial charge in [0.05, 0.1) is 0 Å². The van der Waals surface area contributed by atoms with E-state index in [4.69, 9.17) is 0 Å². The van der Waals surface area contributed by atoms with Gasteiger partial charge in [0.15, 0.2) is 0 Å². The fourth-order valence-corrected chi connectivity index (χ4v) is 6.98. The van der Waals surface area contributed by atoms with Crippen LogP contribution in [0.4, 0.5) is 0 Å². The van der Waals surface area contributed by atoms with E-state index >= 15 is 0 Å². The molecule has 2 unspecified atom stereocenters. The van der Waals surface area contributed by atoms with Crippen molar-refractivity contribution in [2.75, 3.05) is 0 Å². The van der Waals surface area contributed by atoms with E-state index in [0.717, 1.165) is 5.54 Å². The SMILES string of the molecule is CC1=[C-]C(CC2(C)C=CC=CC2)([SiH2]C(C)C)C(C)=C1C.[Cl-].[Cl-].[Cl-].[Ti+4]. The summed E-state index contributed by atoms with van der Waals surface area (Å²) < 4.78 is 0. The molecular formula is C19H29Cl3SiTi. The van der Waals surface area contributed by atoms with Crippen LogP contribution in [-0.4, -0.2) is 9.52 Å². The van der Waals surface area contributed by atoms with Gasteiger partial charge in [0.25, 0.3) is 0 Å². The van der Waals surface area contributed by atoms with Gasteiger partial charge in [-0.05, 0) is 11.8 Å². The standard InChI is InChI=1S/C19H29Si.3ClH.Ti/c1-14(2)20-19(12-15(3)16(4)17(19)5)13-18(6)10-8-7-9-11-18;;;;/h7-10,14H,11,13,20H2,1-6H3;3*1H;/q-1;;;;+4/p-3. The van der Waals surface area contributed by atoms with Gasteiger partial charge in [-0.1, -0.05) is 75.9 Å². The van der Waals surface area contributed by atoms with Crippen molar-refractivity contribution in [1.29, 1.82) is 0 Å². The van der Waals surface area contributed by atoms with Crippen LogP contribution >= 0.6 is 0 Å². The molecule has 0 aromatic carbocycles. The molecule has 0 aromatic heterocycles. The van der Waals surface area contributed by atoms with E-state index in [-0.39, 0.29) is 73.5 Å². The molecular weight excluding hydrogens is 411 g/mol. The van der Waals surface area contributed by atoms with Crippen molar-refractivity contribution in [2.24, 2.45) is 5.41 Å². The van der Waals surface area contributed by atoms with Gasteiger partial charge in [-0.3, -0.25) is 6.08 Å². The predicted molar refractivity (Wildman–Crippen MR) is 92.8 cm³/mol. The average molecular weight is 440 g/mol. The van der Waals surface area contributed by atoms with E-state index in [2.05, 4.69) is 71.9 Å². The zero-order chi connectivity index (χ0) is 15.0. The first-order valence-corrected chi connectivity index (χ1v) is 9.45. The molecule has 2 aliphatic carbocycles. The van der Waals surface area contributed by atoms with Crippen LogP contribution in [0.3, 0.4) is 0 Å². The van der Waals surface area contributed by atoms with Crippen molar-refractivity contribution in [1.82, 2.24) is 0 Å². The van der Waals surface area contributed by atoms with Crippen LogP contribution < -0.4 is 37.2 Å². The average Bonchev–Trinajstić information content (AvgIpc) is 2.53. The van der Waals surface area contributed by atoms with Crippen LogP contribution in [0.5, 0.6) is 0 Å². The Morgan fingerprint density at radius 2 is 1.71 bits per heavy atom. The number of hydrogen-bond donors (Lipinski definition) is 0. The van der Waals surface area contributed by atoms with Crippen molar-refractivity contribution in [3.8, 4) is 0 Å². The molecule has 0 aromatic rings. The first-order valence-electron chi connectivity index (χ1n) is 7.92. The fraction of sp³-hybridized carbons (Fsp3) is 0.579. The molecule has 134 valence electrons. The topological polar surface area (TPSA) is 0 Å². The Bertz CT molecular complexity index is 523. The third-order valence-corrected chi connectivity index (χ3v) is 7.53. The number of halogens is 3. The fourth-order valence-electron chi connectivity index (χ4n) is 3.93. The molecule has 24 heavy (non-hydrogen) atoms. The first kappa shape index (κ1) is 29.5. The summed E-state index contributed by atoms with van der Waals surface area (Å²) in [5, 5.41) is 0.284. The molecule has 0 radical (unpaired) electrons. The van der Waals surface area contributed by atoms with Crippen LogP contribution in [0.15, 0.2) is 41.0 Å². The maximum Gasteiger partial charge on any atom is 4.00 e. The molecule has 0 N–H and O–H groups in total. The Kier molecular flexibility index (Phi) is 14.1. The van der Waals surface area contributed by atoms with Crippen LogP contribution in [0, 0.1) is 11.5 Å². The van der Waals surface area contributed by atoms with Gasteiger partial charge in [-0.25, -0.2) is 5.57 Å². The zero-order valence-corrected chi connectivity index (χ0v) is 20.9. The normalized spacial score (nSPS) is 28.2. The summed E-state index contributed by atoms with van der Waals surface area (Å²) in [5.41, 5.74) is 5.64. The molecule has 0 heterocycles. The van der Waals surface area contributed by atoms with Crippen LogP contribution in [0.2, 0.25) is 10.6 Å². The summed E-state index contributed by atoms with van der Waals surface area (Å²) in [5.74, 6) is 0. The Morgan fingerprint density at radius 3 is 2.08 bits per heavy atom. The molecule has 0 fully saturated rings. The molecule has 2 atom stereocenters. The quantitative estimate of drug-likeness (QED) is 0.311. The Labute approximate surface area is 185 Å². The molecule has 5 heteroatoms. The smallest absolute Gasteiger partial charge is 1.00 e. The Hall–Kier alpha value is 0.761. The van der Waals surface area contributed by atoms with E-state index in [1.54, 1.807) is 5.57 Å². The molecule has 0 bridgehead atoms. The van der Waals surface area contributed by atoms with Gasteiger partial charge in [0.1, 0.15) is 0 Å². The van der Waals surface area contributed by atoms with Crippen LogP contribution in [-0.2, 0) is 21.7 Å². The van der Waals surface area contributed by atoms with E-state index in [9.17, 15) is 0 Å². The minimum Gasteiger partial charge on any atom is -1.00 e. The van der Waals surface area contributed by atoms with E-state index in [0.29, 0.717) is 5.41 Å². The third kappa shape index (κ3) is 6.49. The number of allylic oxidation sites excluding steroid dienone is 8. The first-order chi connectivity index (χ1) is 9.28. The Balaban J connectivity index is -0.00000110. The van der Waals surface area contributed by atoms with Gasteiger partial charge >= 0.3 is 21.7 Å². The molecule has 0 spiro atoms. The maximum absolute atomic E-state index is 3.92. The summed E-state index contributed by atoms with van der Waals surface area (Å²) in [6.45, 7) is 14.1. The maximum atomic E-state index is 3.92. The van der Waals surface area contributed by atoms with Gasteiger partial charge < -0.3 is 37.2 Å². The van der Waals surface area contributed by atoms with Crippen molar-refractivity contribution < 1.29 is 58.9 Å². The third-order valence-electron chi connectivity index (χ3n) is 5.06. The predicted octanol–water partition coefficient (Wildman–Crippen LogP) is -3.84. The summed E-state index contributed by atoms with van der Waals surface area (Å²) in [6.07, 6.45) is 15.5. The van der Waals surface area contributed by atoms with Gasteiger partial charge in [0, 0.05) is 9.52 Å². The minimum absolute atomic E-state index is 0. The van der Waals surface area contributed by atoms with E-state index in [1.165, 1.54) is 24.0 Å². The summed E-state index contributed by atoms with van der Waals surface area (Å²) in [4.78, 5) is 0. The second-order valence-electron chi connectivity index (χ2n) is 7.50. The van der Waals surface area contributed by atoms with Crippen molar-refractivity contribution in [3.05, 3.63) is 47.1 Å². The molecule has 0 saturated heterocycles. The monoisotopic (exact) mass is 438 g/mol. The second kappa shape index (κ2) is 11.5. The van der Waals surface area contributed by atoms with Gasteiger partial charge in [-0.2, -0.15) is 11.1 Å². The summed E-state index contributed by atoms with van der Waals surface area (Å²) in [6, 6.07) is 0. The molecule has 0 saturated carbocycles.